The third kappa shape index (κ3) is 5.09. The van der Waals surface area contributed by atoms with Crippen molar-refractivity contribution in [3.8, 4) is 17.2 Å². The number of fused-ring (bicyclic) bond motifs is 1. The molecule has 8 nitrogen and oxygen atoms in total. The number of hydrogen-bond donors (Lipinski definition) is 2. The average molecular weight is 498 g/mol. The largest absolute Gasteiger partial charge is 0.573 e. The molecule has 0 saturated carbocycles. The fraction of sp³-hybridized carbons (Fsp3) is 0.160. The number of alkyl halides is 3. The summed E-state index contributed by atoms with van der Waals surface area (Å²) in [6.45, 7) is -0.201. The average Bonchev–Trinajstić information content (AvgIpc) is 2.85. The Labute approximate surface area is 203 Å². The minimum absolute atomic E-state index is 0.0351. The molecule has 3 aromatic rings. The van der Waals surface area contributed by atoms with Gasteiger partial charge in [0.25, 0.3) is 11.5 Å². The standard InChI is InChI=1S/C25H21F3N4O4/c1-30-12-17(11-29)20-14-31(18-7-9-19(10-8-18)36-25(26,27)28)24(34)22-23(20)35-15-21(33)32(22)13-16-5-3-2-4-6-16/h2-12,14,29-30H,13,15H2,1H3/b17-12+,29-11?. The van der Waals surface area contributed by atoms with Gasteiger partial charge >= 0.3 is 6.36 Å². The lowest BCUT2D eigenvalue weighted by Gasteiger charge is -2.31. The van der Waals surface area contributed by atoms with Gasteiger partial charge in [0.1, 0.15) is 5.75 Å². The summed E-state index contributed by atoms with van der Waals surface area (Å²) < 4.78 is 48.5. The fourth-order valence-corrected chi connectivity index (χ4v) is 3.80. The number of ether oxygens (including phenoxy) is 2. The molecule has 0 aliphatic carbocycles. The number of amides is 1. The number of pyridine rings is 1. The second-order valence-corrected chi connectivity index (χ2v) is 7.72. The van der Waals surface area contributed by atoms with E-state index in [0.29, 0.717) is 11.1 Å². The predicted molar refractivity (Wildman–Crippen MR) is 128 cm³/mol. The molecule has 0 fully saturated rings. The molecule has 0 saturated heterocycles. The van der Waals surface area contributed by atoms with Gasteiger partial charge in [0.2, 0.25) is 0 Å². The highest BCUT2D eigenvalue weighted by Crippen LogP contribution is 2.37. The predicted octanol–water partition coefficient (Wildman–Crippen LogP) is 3.87. The van der Waals surface area contributed by atoms with Crippen molar-refractivity contribution in [3.63, 3.8) is 0 Å². The van der Waals surface area contributed by atoms with Crippen molar-refractivity contribution in [3.05, 3.63) is 88.5 Å². The molecule has 11 heteroatoms. The van der Waals surface area contributed by atoms with E-state index >= 15 is 0 Å². The zero-order valence-electron chi connectivity index (χ0n) is 19.0. The number of carbonyl (C=O) groups is 1. The number of carbonyl (C=O) groups excluding carboxylic acids is 1. The molecule has 0 unspecified atom stereocenters. The summed E-state index contributed by atoms with van der Waals surface area (Å²) in [4.78, 5) is 27.9. The van der Waals surface area contributed by atoms with Gasteiger partial charge in [-0.2, -0.15) is 0 Å². The van der Waals surface area contributed by atoms with E-state index in [2.05, 4.69) is 10.1 Å². The molecule has 0 atom stereocenters. The van der Waals surface area contributed by atoms with E-state index in [4.69, 9.17) is 10.1 Å². The van der Waals surface area contributed by atoms with Gasteiger partial charge < -0.3 is 20.2 Å². The number of hydrogen-bond acceptors (Lipinski definition) is 6. The van der Waals surface area contributed by atoms with Gasteiger partial charge in [0, 0.05) is 42.5 Å². The first-order valence-electron chi connectivity index (χ1n) is 10.7. The van der Waals surface area contributed by atoms with Crippen LogP contribution in [0.4, 0.5) is 18.9 Å². The second-order valence-electron chi connectivity index (χ2n) is 7.72. The number of halogens is 3. The maximum absolute atomic E-state index is 13.7. The third-order valence-electron chi connectivity index (χ3n) is 5.35. The van der Waals surface area contributed by atoms with Crippen molar-refractivity contribution in [1.29, 1.82) is 5.41 Å². The van der Waals surface area contributed by atoms with Crippen molar-refractivity contribution in [1.82, 2.24) is 9.88 Å². The Balaban J connectivity index is 1.90. The van der Waals surface area contributed by atoms with Crippen LogP contribution in [0, 0.1) is 5.41 Å². The number of anilines is 1. The first kappa shape index (κ1) is 24.6. The molecule has 1 aromatic heterocycles. The van der Waals surface area contributed by atoms with Crippen LogP contribution < -0.4 is 25.2 Å². The Hall–Kier alpha value is -4.54. The van der Waals surface area contributed by atoms with E-state index in [1.807, 2.05) is 30.3 Å². The van der Waals surface area contributed by atoms with Gasteiger partial charge in [-0.15, -0.1) is 13.2 Å². The first-order chi connectivity index (χ1) is 17.2. The van der Waals surface area contributed by atoms with Crippen LogP contribution in [0.5, 0.6) is 11.5 Å². The Kier molecular flexibility index (Phi) is 6.82. The Bertz CT molecular complexity index is 1370. The quantitative estimate of drug-likeness (QED) is 0.482. The van der Waals surface area contributed by atoms with Crippen LogP contribution in [0.3, 0.4) is 0 Å². The molecule has 2 N–H and O–H groups in total. The monoisotopic (exact) mass is 498 g/mol. The fourth-order valence-electron chi connectivity index (χ4n) is 3.80. The molecule has 36 heavy (non-hydrogen) atoms. The summed E-state index contributed by atoms with van der Waals surface area (Å²) >= 11 is 0. The van der Waals surface area contributed by atoms with E-state index in [-0.39, 0.29) is 30.3 Å². The highest BCUT2D eigenvalue weighted by atomic mass is 19.4. The molecule has 1 amide bonds. The van der Waals surface area contributed by atoms with E-state index in [1.54, 1.807) is 7.05 Å². The molecular formula is C25H21F3N4O4. The van der Waals surface area contributed by atoms with Gasteiger partial charge in [-0.05, 0) is 29.8 Å². The normalized spacial score (nSPS) is 13.6. The second kappa shape index (κ2) is 9.98. The highest BCUT2D eigenvalue weighted by molar-refractivity contribution is 6.11. The van der Waals surface area contributed by atoms with Crippen molar-refractivity contribution < 1.29 is 27.4 Å². The summed E-state index contributed by atoms with van der Waals surface area (Å²) in [5.74, 6) is -0.749. The maximum atomic E-state index is 13.7. The molecule has 0 bridgehead atoms. The molecule has 4 rings (SSSR count). The van der Waals surface area contributed by atoms with Crippen molar-refractivity contribution in [2.24, 2.45) is 0 Å². The van der Waals surface area contributed by atoms with E-state index < -0.39 is 23.6 Å². The van der Waals surface area contributed by atoms with Crippen LogP contribution in [0.15, 0.2) is 71.8 Å². The van der Waals surface area contributed by atoms with Crippen LogP contribution >= 0.6 is 0 Å². The summed E-state index contributed by atoms with van der Waals surface area (Å²) in [6.07, 6.45) is -0.850. The van der Waals surface area contributed by atoms with Crippen LogP contribution in [0.1, 0.15) is 11.1 Å². The summed E-state index contributed by atoms with van der Waals surface area (Å²) in [5, 5.41) is 10.7. The minimum Gasteiger partial charge on any atom is -0.481 e. The van der Waals surface area contributed by atoms with Crippen LogP contribution in [0.2, 0.25) is 0 Å². The number of nitrogens with zero attached hydrogens (tertiary/aromatic N) is 2. The number of nitrogens with one attached hydrogen (secondary N) is 2. The Morgan fingerprint density at radius 3 is 2.44 bits per heavy atom. The number of benzene rings is 2. The molecule has 0 spiro atoms. The van der Waals surface area contributed by atoms with Gasteiger partial charge in [-0.25, -0.2) is 0 Å². The lowest BCUT2D eigenvalue weighted by molar-refractivity contribution is -0.274. The zero-order valence-corrected chi connectivity index (χ0v) is 19.0. The molecular weight excluding hydrogens is 477 g/mol. The number of rotatable bonds is 7. The number of aromatic nitrogens is 1. The van der Waals surface area contributed by atoms with Gasteiger partial charge in [0.15, 0.2) is 18.0 Å². The summed E-state index contributed by atoms with van der Waals surface area (Å²) in [7, 11) is 1.64. The van der Waals surface area contributed by atoms with Gasteiger partial charge in [0.05, 0.1) is 6.54 Å². The van der Waals surface area contributed by atoms with E-state index in [0.717, 1.165) is 23.9 Å². The molecule has 0 radical (unpaired) electrons. The zero-order chi connectivity index (χ0) is 25.9. The number of allylic oxidation sites excluding steroid dienone is 1. The Morgan fingerprint density at radius 1 is 1.14 bits per heavy atom. The SMILES string of the molecule is CN/C=C(\C=N)c1cn(-c2ccc(OC(F)(F)F)cc2)c(=O)c2c1OCC(=O)N2Cc1ccccc1. The first-order valence-corrected chi connectivity index (χ1v) is 10.7. The van der Waals surface area contributed by atoms with Crippen molar-refractivity contribution >= 4 is 23.4 Å². The van der Waals surface area contributed by atoms with Crippen molar-refractivity contribution in [2.45, 2.75) is 12.9 Å². The minimum atomic E-state index is -4.86. The molecule has 1 aliphatic heterocycles. The summed E-state index contributed by atoms with van der Waals surface area (Å²) in [6, 6.07) is 13.8. The lowest BCUT2D eigenvalue weighted by atomic mass is 10.1. The molecule has 1 aliphatic rings. The maximum Gasteiger partial charge on any atom is 0.573 e. The highest BCUT2D eigenvalue weighted by Gasteiger charge is 2.33. The molecule has 186 valence electrons. The summed E-state index contributed by atoms with van der Waals surface area (Å²) in [5.41, 5.74) is 1.05. The van der Waals surface area contributed by atoms with Crippen LogP contribution in [0.25, 0.3) is 11.3 Å². The topological polar surface area (TPSA) is 96.7 Å². The van der Waals surface area contributed by atoms with Gasteiger partial charge in [-0.1, -0.05) is 30.3 Å². The molecule has 2 aromatic carbocycles. The smallest absolute Gasteiger partial charge is 0.481 e. The van der Waals surface area contributed by atoms with Gasteiger partial charge in [-0.3, -0.25) is 19.1 Å². The van der Waals surface area contributed by atoms with E-state index in [9.17, 15) is 22.8 Å². The molecule has 2 heterocycles. The van der Waals surface area contributed by atoms with Crippen LogP contribution in [-0.2, 0) is 11.3 Å². The lowest BCUT2D eigenvalue weighted by Crippen LogP contribution is -2.43. The van der Waals surface area contributed by atoms with Crippen molar-refractivity contribution in [2.75, 3.05) is 18.6 Å². The van der Waals surface area contributed by atoms with E-state index in [1.165, 1.54) is 34.0 Å². The third-order valence-corrected chi connectivity index (χ3v) is 5.35. The van der Waals surface area contributed by atoms with Crippen LogP contribution in [-0.4, -0.2) is 36.7 Å². The Morgan fingerprint density at radius 2 is 1.83 bits per heavy atom.